The van der Waals surface area contributed by atoms with E-state index in [0.29, 0.717) is 17.7 Å². The minimum absolute atomic E-state index is 0.266. The molecular weight excluding hydrogens is 500 g/mol. The van der Waals surface area contributed by atoms with E-state index >= 15 is 0 Å². The second kappa shape index (κ2) is 14.4. The molecule has 3 amide bonds. The van der Waals surface area contributed by atoms with Gasteiger partial charge < -0.3 is 20.3 Å². The molecule has 2 unspecified atom stereocenters. The van der Waals surface area contributed by atoms with Gasteiger partial charge in [-0.1, -0.05) is 54.1 Å². The first-order valence-electron chi connectivity index (χ1n) is 12.5. The van der Waals surface area contributed by atoms with Crippen molar-refractivity contribution in [1.29, 1.82) is 5.26 Å². The molecule has 2 N–H and O–H groups in total. The monoisotopic (exact) mass is 538 g/mol. The molecule has 38 heavy (non-hydrogen) atoms. The third-order valence-electron chi connectivity index (χ3n) is 5.71. The fourth-order valence-electron chi connectivity index (χ4n) is 3.98. The molecular formula is C29H38N4O4S. The van der Waals surface area contributed by atoms with E-state index in [1.807, 2.05) is 74.7 Å². The van der Waals surface area contributed by atoms with Crippen LogP contribution in [0.25, 0.3) is 0 Å². The lowest BCUT2D eigenvalue weighted by molar-refractivity contribution is -0.141. The van der Waals surface area contributed by atoms with E-state index in [0.717, 1.165) is 16.7 Å². The van der Waals surface area contributed by atoms with Crippen LogP contribution in [0.15, 0.2) is 48.5 Å². The third kappa shape index (κ3) is 9.42. The number of carbonyl (C=O) groups is 3. The van der Waals surface area contributed by atoms with Crippen LogP contribution in [0.4, 0.5) is 4.79 Å². The van der Waals surface area contributed by atoms with E-state index in [4.69, 9.17) is 4.74 Å². The lowest BCUT2D eigenvalue weighted by Crippen LogP contribution is -2.53. The summed E-state index contributed by atoms with van der Waals surface area (Å²) in [4.78, 5) is 41.5. The lowest BCUT2D eigenvalue weighted by Gasteiger charge is -2.33. The Bertz CT molecular complexity index is 1140. The van der Waals surface area contributed by atoms with E-state index in [1.165, 1.54) is 16.7 Å². The van der Waals surface area contributed by atoms with Gasteiger partial charge in [-0.2, -0.15) is 17.0 Å². The van der Waals surface area contributed by atoms with Crippen LogP contribution in [-0.2, 0) is 20.9 Å². The van der Waals surface area contributed by atoms with Gasteiger partial charge in [0.2, 0.25) is 11.8 Å². The molecule has 8 nitrogen and oxygen atoms in total. The molecule has 0 saturated carbocycles. The number of nitrogens with one attached hydrogen (secondary N) is 2. The van der Waals surface area contributed by atoms with Gasteiger partial charge >= 0.3 is 6.09 Å². The van der Waals surface area contributed by atoms with E-state index in [-0.39, 0.29) is 13.1 Å². The van der Waals surface area contributed by atoms with Crippen LogP contribution in [0, 0.1) is 25.2 Å². The standard InChI is InChI=1S/C29H38N4O4S/c1-20-12-13-23(21(2)18-20)25(26(34)31-19-22-10-8-7-9-11-22)33(16-15-30)27(35)24(14-17-38-6)32-28(36)37-29(3,4)5/h7-13,18,24-25H,14,16-17,19H2,1-6H3,(H,31,34)(H,32,36). The molecule has 0 aliphatic rings. The number of alkyl carbamates (subject to hydrolysis) is 1. The Morgan fingerprint density at radius 2 is 1.79 bits per heavy atom. The highest BCUT2D eigenvalue weighted by Crippen LogP contribution is 2.27. The number of carbonyl (C=O) groups excluding carboxylic acids is 3. The maximum atomic E-state index is 13.9. The number of ether oxygens (including phenoxy) is 1. The normalized spacial score (nSPS) is 12.6. The quantitative estimate of drug-likeness (QED) is 0.403. The van der Waals surface area contributed by atoms with Crippen LogP contribution < -0.4 is 10.6 Å². The van der Waals surface area contributed by atoms with Crippen LogP contribution in [0.2, 0.25) is 0 Å². The molecule has 2 aromatic rings. The number of nitrogens with zero attached hydrogens (tertiary/aromatic N) is 2. The number of nitriles is 1. The highest BCUT2D eigenvalue weighted by Gasteiger charge is 2.36. The van der Waals surface area contributed by atoms with Crippen molar-refractivity contribution in [1.82, 2.24) is 15.5 Å². The van der Waals surface area contributed by atoms with Crippen molar-refractivity contribution in [3.05, 3.63) is 70.8 Å². The van der Waals surface area contributed by atoms with Crippen LogP contribution in [0.1, 0.15) is 55.5 Å². The zero-order valence-electron chi connectivity index (χ0n) is 23.0. The average molecular weight is 539 g/mol. The Kier molecular flexibility index (Phi) is 11.7. The van der Waals surface area contributed by atoms with E-state index in [2.05, 4.69) is 10.6 Å². The molecule has 0 aliphatic heterocycles. The molecule has 0 aromatic heterocycles. The molecule has 2 atom stereocenters. The Morgan fingerprint density at radius 3 is 2.37 bits per heavy atom. The minimum atomic E-state index is -1.07. The number of benzene rings is 2. The van der Waals surface area contributed by atoms with Gasteiger partial charge in [0.25, 0.3) is 0 Å². The summed E-state index contributed by atoms with van der Waals surface area (Å²) in [5.41, 5.74) is 2.61. The van der Waals surface area contributed by atoms with Crippen molar-refractivity contribution in [2.45, 2.75) is 65.3 Å². The van der Waals surface area contributed by atoms with Gasteiger partial charge in [0.1, 0.15) is 24.2 Å². The zero-order chi connectivity index (χ0) is 28.3. The summed E-state index contributed by atoms with van der Waals surface area (Å²) >= 11 is 1.53. The van der Waals surface area contributed by atoms with Gasteiger partial charge in [0, 0.05) is 6.54 Å². The second-order valence-corrected chi connectivity index (χ2v) is 11.1. The number of amides is 3. The summed E-state index contributed by atoms with van der Waals surface area (Å²) in [7, 11) is 0. The lowest BCUT2D eigenvalue weighted by atomic mass is 9.96. The van der Waals surface area contributed by atoms with Crippen molar-refractivity contribution < 1.29 is 19.1 Å². The fourth-order valence-corrected chi connectivity index (χ4v) is 4.45. The number of hydrogen-bond acceptors (Lipinski definition) is 6. The van der Waals surface area contributed by atoms with Crippen LogP contribution in [0.3, 0.4) is 0 Å². The molecule has 0 saturated heterocycles. The first-order valence-corrected chi connectivity index (χ1v) is 13.9. The number of rotatable bonds is 11. The molecule has 0 fully saturated rings. The maximum Gasteiger partial charge on any atom is 0.408 e. The molecule has 0 bridgehead atoms. The summed E-state index contributed by atoms with van der Waals surface area (Å²) in [6, 6.07) is 15.1. The summed E-state index contributed by atoms with van der Waals surface area (Å²) in [5.74, 6) is -0.349. The maximum absolute atomic E-state index is 13.9. The Hall–Kier alpha value is -3.51. The van der Waals surface area contributed by atoms with Gasteiger partial charge in [-0.05, 0) is 69.7 Å². The molecule has 0 aliphatic carbocycles. The first kappa shape index (κ1) is 30.7. The molecule has 0 spiro atoms. The van der Waals surface area contributed by atoms with Crippen molar-refractivity contribution in [2.24, 2.45) is 0 Å². The van der Waals surface area contributed by atoms with E-state index in [1.54, 1.807) is 20.8 Å². The summed E-state index contributed by atoms with van der Waals surface area (Å²) in [5, 5.41) is 15.3. The van der Waals surface area contributed by atoms with Gasteiger partial charge in [0.05, 0.1) is 6.07 Å². The van der Waals surface area contributed by atoms with Crippen LogP contribution in [0.5, 0.6) is 0 Å². The molecule has 0 heterocycles. The van der Waals surface area contributed by atoms with Gasteiger partial charge in [-0.3, -0.25) is 9.59 Å². The van der Waals surface area contributed by atoms with Gasteiger partial charge in [0.15, 0.2) is 0 Å². The molecule has 2 aromatic carbocycles. The largest absolute Gasteiger partial charge is 0.444 e. The van der Waals surface area contributed by atoms with E-state index < -0.39 is 35.6 Å². The molecule has 204 valence electrons. The Morgan fingerprint density at radius 1 is 1.11 bits per heavy atom. The topological polar surface area (TPSA) is 112 Å². The zero-order valence-corrected chi connectivity index (χ0v) is 23.9. The smallest absolute Gasteiger partial charge is 0.408 e. The van der Waals surface area contributed by atoms with Crippen molar-refractivity contribution >= 4 is 29.7 Å². The molecule has 0 radical (unpaired) electrons. The summed E-state index contributed by atoms with van der Waals surface area (Å²) in [6.07, 6.45) is 1.48. The SMILES string of the molecule is CSCCC(NC(=O)OC(C)(C)C)C(=O)N(CC#N)C(C(=O)NCc1ccccc1)c1ccc(C)cc1C. The molecule has 9 heteroatoms. The Labute approximate surface area is 230 Å². The number of hydrogen-bond donors (Lipinski definition) is 2. The summed E-state index contributed by atoms with van der Waals surface area (Å²) in [6.45, 7) is 8.96. The van der Waals surface area contributed by atoms with Gasteiger partial charge in [-0.25, -0.2) is 4.79 Å². The van der Waals surface area contributed by atoms with Gasteiger partial charge in [-0.15, -0.1) is 0 Å². The van der Waals surface area contributed by atoms with E-state index in [9.17, 15) is 19.6 Å². The van der Waals surface area contributed by atoms with Crippen molar-refractivity contribution in [2.75, 3.05) is 18.6 Å². The average Bonchev–Trinajstić information content (AvgIpc) is 2.85. The fraction of sp³-hybridized carbons (Fsp3) is 0.448. The highest BCUT2D eigenvalue weighted by atomic mass is 32.2. The third-order valence-corrected chi connectivity index (χ3v) is 6.36. The molecule has 2 rings (SSSR count). The predicted octanol–water partition coefficient (Wildman–Crippen LogP) is 4.66. The highest BCUT2D eigenvalue weighted by molar-refractivity contribution is 7.98. The second-order valence-electron chi connectivity index (χ2n) is 10.1. The number of thioether (sulfide) groups is 1. The Balaban J connectivity index is 2.46. The van der Waals surface area contributed by atoms with Crippen molar-refractivity contribution in [3.63, 3.8) is 0 Å². The first-order chi connectivity index (χ1) is 18.0. The minimum Gasteiger partial charge on any atom is -0.444 e. The summed E-state index contributed by atoms with van der Waals surface area (Å²) < 4.78 is 5.38. The number of aryl methyl sites for hydroxylation is 2. The van der Waals surface area contributed by atoms with Crippen LogP contribution >= 0.6 is 11.8 Å². The van der Waals surface area contributed by atoms with Crippen LogP contribution in [-0.4, -0.2) is 53.0 Å². The predicted molar refractivity (Wildman–Crippen MR) is 150 cm³/mol. The van der Waals surface area contributed by atoms with Crippen molar-refractivity contribution in [3.8, 4) is 6.07 Å².